The van der Waals surface area contributed by atoms with Crippen molar-refractivity contribution < 1.29 is 23.1 Å². The molecule has 2 aromatic carbocycles. The number of nitrogens with zero attached hydrogens (tertiary/aromatic N) is 3. The zero-order valence-corrected chi connectivity index (χ0v) is 23.6. The molecule has 0 N–H and O–H groups in total. The molecular formula is C29H31F2N3O5S. The first-order valence-electron chi connectivity index (χ1n) is 12.8. The number of hydrogen-bond donors (Lipinski definition) is 0. The fourth-order valence-electron chi connectivity index (χ4n) is 4.50. The number of likely N-dealkylation sites (N-methyl/N-ethyl adjacent to an activating group) is 1. The van der Waals surface area contributed by atoms with E-state index >= 15 is 0 Å². The van der Waals surface area contributed by atoms with Gasteiger partial charge in [0.25, 0.3) is 5.56 Å². The minimum atomic E-state index is -0.844. The molecule has 8 nitrogen and oxygen atoms in total. The Kier molecular flexibility index (Phi) is 9.28. The van der Waals surface area contributed by atoms with Crippen LogP contribution in [0.1, 0.15) is 30.0 Å². The molecule has 4 aromatic rings. The van der Waals surface area contributed by atoms with Crippen LogP contribution in [-0.2, 0) is 29.0 Å². The van der Waals surface area contributed by atoms with Gasteiger partial charge < -0.3 is 9.57 Å². The quantitative estimate of drug-likeness (QED) is 0.257. The van der Waals surface area contributed by atoms with Crippen LogP contribution in [0.15, 0.2) is 52.1 Å². The van der Waals surface area contributed by atoms with Crippen molar-refractivity contribution in [3.8, 4) is 10.4 Å². The summed E-state index contributed by atoms with van der Waals surface area (Å²) >= 11 is 1.20. The largest absolute Gasteiger partial charge is 0.409 e. The van der Waals surface area contributed by atoms with Crippen LogP contribution in [0.25, 0.3) is 20.7 Å². The number of methoxy groups -OCH3 is 1. The van der Waals surface area contributed by atoms with Gasteiger partial charge in [-0.3, -0.25) is 19.1 Å². The number of benzene rings is 2. The van der Waals surface area contributed by atoms with Gasteiger partial charge in [0.05, 0.1) is 18.5 Å². The van der Waals surface area contributed by atoms with E-state index in [0.29, 0.717) is 42.8 Å². The van der Waals surface area contributed by atoms with Crippen molar-refractivity contribution in [2.24, 2.45) is 0 Å². The Morgan fingerprint density at radius 3 is 2.30 bits per heavy atom. The molecule has 40 heavy (non-hydrogen) atoms. The standard InChI is InChI=1S/C29H31F2N3O5S/c1-5-20(35)15-18-9-11-19(12-10-18)26-22(16-32(2)13-14-38-3)25-27(36)34(39-4)29(37)33(28(25)40-26)17-21-23(30)7-6-8-24(21)31/h6-12H,5,13-17H2,1-4H3. The van der Waals surface area contributed by atoms with Crippen LogP contribution < -0.4 is 16.1 Å². The molecule has 2 aromatic heterocycles. The SMILES string of the molecule is CCC(=O)Cc1ccc(-c2sc3c(c2CN(C)CCOC)c(=O)n(OC)c(=O)n3Cc2c(F)cccc2F)cc1. The summed E-state index contributed by atoms with van der Waals surface area (Å²) in [4.78, 5) is 47.0. The Balaban J connectivity index is 1.97. The van der Waals surface area contributed by atoms with Crippen molar-refractivity contribution in [3.05, 3.63) is 91.6 Å². The number of halogens is 2. The number of hydrogen-bond acceptors (Lipinski definition) is 7. The Bertz CT molecular complexity index is 1620. The average molecular weight is 572 g/mol. The van der Waals surface area contributed by atoms with Gasteiger partial charge in [-0.15, -0.1) is 11.3 Å². The van der Waals surface area contributed by atoms with Crippen molar-refractivity contribution in [1.29, 1.82) is 0 Å². The fourth-order valence-corrected chi connectivity index (χ4v) is 5.80. The van der Waals surface area contributed by atoms with E-state index in [1.807, 2.05) is 43.1 Å². The lowest BCUT2D eigenvalue weighted by Crippen LogP contribution is -2.43. The van der Waals surface area contributed by atoms with Crippen molar-refractivity contribution in [1.82, 2.24) is 14.2 Å². The average Bonchev–Trinajstić information content (AvgIpc) is 3.30. The van der Waals surface area contributed by atoms with Crippen molar-refractivity contribution in [2.45, 2.75) is 32.9 Å². The predicted molar refractivity (Wildman–Crippen MR) is 151 cm³/mol. The first kappa shape index (κ1) is 29.3. The summed E-state index contributed by atoms with van der Waals surface area (Å²) in [6.07, 6.45) is 0.768. The van der Waals surface area contributed by atoms with E-state index < -0.39 is 29.4 Å². The minimum Gasteiger partial charge on any atom is -0.409 e. The summed E-state index contributed by atoms with van der Waals surface area (Å²) in [5.41, 5.74) is 0.492. The van der Waals surface area contributed by atoms with Gasteiger partial charge in [-0.1, -0.05) is 42.0 Å². The number of carbonyl (C=O) groups is 1. The molecule has 0 unspecified atom stereocenters. The lowest BCUT2D eigenvalue weighted by molar-refractivity contribution is -0.118. The van der Waals surface area contributed by atoms with E-state index in [9.17, 15) is 23.2 Å². The van der Waals surface area contributed by atoms with Gasteiger partial charge in [0.1, 0.15) is 29.4 Å². The van der Waals surface area contributed by atoms with E-state index in [2.05, 4.69) is 0 Å². The normalized spacial score (nSPS) is 11.5. The molecule has 0 aliphatic rings. The third-order valence-corrected chi connectivity index (χ3v) is 8.02. The van der Waals surface area contributed by atoms with Crippen LogP contribution in [0.5, 0.6) is 0 Å². The Morgan fingerprint density at radius 1 is 1.02 bits per heavy atom. The molecule has 11 heteroatoms. The van der Waals surface area contributed by atoms with Crippen LogP contribution in [0.4, 0.5) is 8.78 Å². The highest BCUT2D eigenvalue weighted by Gasteiger charge is 2.25. The summed E-state index contributed by atoms with van der Waals surface area (Å²) in [5, 5.41) is 0.229. The van der Waals surface area contributed by atoms with Gasteiger partial charge in [-0.2, -0.15) is 0 Å². The number of carbonyl (C=O) groups excluding carboxylic acids is 1. The molecule has 212 valence electrons. The van der Waals surface area contributed by atoms with Gasteiger partial charge in [0.2, 0.25) is 0 Å². The van der Waals surface area contributed by atoms with Gasteiger partial charge in [0.15, 0.2) is 0 Å². The molecule has 0 aliphatic heterocycles. The van der Waals surface area contributed by atoms with Gasteiger partial charge >= 0.3 is 5.69 Å². The number of ketones is 1. The zero-order valence-electron chi connectivity index (χ0n) is 22.8. The first-order valence-corrected chi connectivity index (χ1v) is 13.6. The van der Waals surface area contributed by atoms with Crippen LogP contribution >= 0.6 is 11.3 Å². The summed E-state index contributed by atoms with van der Waals surface area (Å²) in [6.45, 7) is 2.76. The van der Waals surface area contributed by atoms with E-state index in [4.69, 9.17) is 9.57 Å². The highest BCUT2D eigenvalue weighted by Crippen LogP contribution is 2.38. The summed E-state index contributed by atoms with van der Waals surface area (Å²) in [5.74, 6) is -1.48. The van der Waals surface area contributed by atoms with Crippen molar-refractivity contribution >= 4 is 27.3 Å². The number of ether oxygens (including phenoxy) is 1. The molecule has 0 fully saturated rings. The third-order valence-electron chi connectivity index (χ3n) is 6.71. The van der Waals surface area contributed by atoms with Crippen molar-refractivity contribution in [3.63, 3.8) is 0 Å². The highest BCUT2D eigenvalue weighted by atomic mass is 32.1. The summed E-state index contributed by atoms with van der Waals surface area (Å²) < 4.78 is 36.2. The van der Waals surface area contributed by atoms with Gasteiger partial charge in [-0.05, 0) is 35.9 Å². The molecule has 2 heterocycles. The maximum absolute atomic E-state index is 14.6. The molecule has 4 rings (SSSR count). The molecule has 0 radical (unpaired) electrons. The van der Waals surface area contributed by atoms with Crippen molar-refractivity contribution in [2.75, 3.05) is 34.4 Å². The maximum Gasteiger partial charge on any atom is 0.366 e. The summed E-state index contributed by atoms with van der Waals surface area (Å²) in [6, 6.07) is 11.0. The number of aromatic nitrogens is 2. The molecule has 0 saturated carbocycles. The molecule has 0 saturated heterocycles. The highest BCUT2D eigenvalue weighted by molar-refractivity contribution is 7.22. The van der Waals surface area contributed by atoms with Crippen LogP contribution in [0.2, 0.25) is 0 Å². The number of thiophene rings is 1. The van der Waals surface area contributed by atoms with Gasteiger partial charge in [0, 0.05) is 43.5 Å². The third kappa shape index (κ3) is 5.91. The second-order valence-corrected chi connectivity index (χ2v) is 10.4. The topological polar surface area (TPSA) is 82.8 Å². The second-order valence-electron chi connectivity index (χ2n) is 9.44. The monoisotopic (exact) mass is 571 g/mol. The number of fused-ring (bicyclic) bond motifs is 1. The maximum atomic E-state index is 14.6. The van der Waals surface area contributed by atoms with E-state index in [-0.39, 0.29) is 21.6 Å². The molecule has 0 bridgehead atoms. The predicted octanol–water partition coefficient (Wildman–Crippen LogP) is 3.88. The Morgan fingerprint density at radius 2 is 1.70 bits per heavy atom. The second kappa shape index (κ2) is 12.7. The van der Waals surface area contributed by atoms with Crippen LogP contribution in [0, 0.1) is 11.6 Å². The molecule has 0 spiro atoms. The lowest BCUT2D eigenvalue weighted by Gasteiger charge is -2.17. The van der Waals surface area contributed by atoms with E-state index in [1.165, 1.54) is 29.1 Å². The lowest BCUT2D eigenvalue weighted by atomic mass is 10.0. The number of Topliss-reactive ketones (excluding diaryl/α,β-unsaturated/α-hetero) is 1. The van der Waals surface area contributed by atoms with Crippen LogP contribution in [-0.4, -0.2) is 54.4 Å². The fraction of sp³-hybridized carbons (Fsp3) is 0.345. The molecule has 0 amide bonds. The molecule has 0 atom stereocenters. The van der Waals surface area contributed by atoms with Crippen LogP contribution in [0.3, 0.4) is 0 Å². The number of rotatable bonds is 12. The Labute approximate surface area is 233 Å². The molecular weight excluding hydrogens is 540 g/mol. The van der Waals surface area contributed by atoms with Gasteiger partial charge in [-0.25, -0.2) is 13.6 Å². The Hall–Kier alpha value is -3.67. The van der Waals surface area contributed by atoms with E-state index in [0.717, 1.165) is 28.1 Å². The first-order chi connectivity index (χ1) is 19.2. The smallest absolute Gasteiger partial charge is 0.366 e. The van der Waals surface area contributed by atoms with E-state index in [1.54, 1.807) is 7.11 Å². The zero-order chi connectivity index (χ0) is 29.0. The molecule has 0 aliphatic carbocycles. The summed E-state index contributed by atoms with van der Waals surface area (Å²) in [7, 11) is 4.67. The minimum absolute atomic E-state index is 0.125.